The van der Waals surface area contributed by atoms with Crippen molar-refractivity contribution in [2.45, 2.75) is 38.8 Å². The molecule has 1 atom stereocenters. The van der Waals surface area contributed by atoms with Crippen molar-refractivity contribution >= 4 is 15.9 Å². The van der Waals surface area contributed by atoms with Crippen LogP contribution in [0.25, 0.3) is 0 Å². The third kappa shape index (κ3) is 3.59. The largest absolute Gasteiger partial charge is 0.487 e. The number of amides is 1. The minimum Gasteiger partial charge on any atom is -0.487 e. The Morgan fingerprint density at radius 3 is 2.68 bits per heavy atom. The molecule has 6 nitrogen and oxygen atoms in total. The second-order valence-corrected chi connectivity index (χ2v) is 8.01. The zero-order chi connectivity index (χ0) is 16.5. The number of ether oxygens (including phenoxy) is 1. The molecular formula is C15H22N2O4S. The molecule has 122 valence electrons. The number of hydrogen-bond acceptors (Lipinski definition) is 5. The van der Waals surface area contributed by atoms with Crippen LogP contribution in [-0.2, 0) is 10.0 Å². The minimum atomic E-state index is -3.57. The molecular weight excluding hydrogens is 304 g/mol. The summed E-state index contributed by atoms with van der Waals surface area (Å²) >= 11 is 0. The van der Waals surface area contributed by atoms with Crippen LogP contribution in [0.3, 0.4) is 0 Å². The molecule has 1 aromatic rings. The fraction of sp³-hybridized carbons (Fsp3) is 0.533. The average Bonchev–Trinajstić information content (AvgIpc) is 2.44. The Morgan fingerprint density at radius 2 is 2.09 bits per heavy atom. The molecule has 0 saturated heterocycles. The van der Waals surface area contributed by atoms with Crippen LogP contribution in [0.15, 0.2) is 18.2 Å². The van der Waals surface area contributed by atoms with E-state index in [0.29, 0.717) is 11.3 Å². The van der Waals surface area contributed by atoms with Crippen molar-refractivity contribution in [3.8, 4) is 5.75 Å². The number of hydrogen-bond donors (Lipinski definition) is 2. The highest BCUT2D eigenvalue weighted by atomic mass is 32.2. The standard InChI is InChI=1S/C15H22N2O4S/c1-5-22(19,20)17-14(18)10-6-7-13-11(8-10)12(16-4)9-15(2,3)21-13/h6-8,12,16H,5,9H2,1-4H3,(H,17,18). The maximum Gasteiger partial charge on any atom is 0.264 e. The van der Waals surface area contributed by atoms with Gasteiger partial charge in [-0.15, -0.1) is 0 Å². The lowest BCUT2D eigenvalue weighted by molar-refractivity contribution is 0.0675. The lowest BCUT2D eigenvalue weighted by Crippen LogP contribution is -2.39. The fourth-order valence-corrected chi connectivity index (χ4v) is 3.07. The Kier molecular flexibility index (Phi) is 4.49. The van der Waals surface area contributed by atoms with E-state index in [1.807, 2.05) is 20.9 Å². The number of benzene rings is 1. The van der Waals surface area contributed by atoms with Crippen molar-refractivity contribution < 1.29 is 17.9 Å². The molecule has 22 heavy (non-hydrogen) atoms. The smallest absolute Gasteiger partial charge is 0.264 e. The molecule has 1 heterocycles. The number of fused-ring (bicyclic) bond motifs is 1. The van der Waals surface area contributed by atoms with Gasteiger partial charge in [0, 0.05) is 23.6 Å². The van der Waals surface area contributed by atoms with Gasteiger partial charge in [0.2, 0.25) is 10.0 Å². The minimum absolute atomic E-state index is 0.0503. The van der Waals surface area contributed by atoms with Crippen molar-refractivity contribution in [1.29, 1.82) is 0 Å². The normalized spacial score (nSPS) is 19.9. The highest BCUT2D eigenvalue weighted by Gasteiger charge is 2.33. The van der Waals surface area contributed by atoms with Crippen molar-refractivity contribution in [1.82, 2.24) is 10.0 Å². The van der Waals surface area contributed by atoms with E-state index in [0.717, 1.165) is 12.0 Å². The van der Waals surface area contributed by atoms with Crippen LogP contribution in [0, 0.1) is 0 Å². The summed E-state index contributed by atoms with van der Waals surface area (Å²) in [6.45, 7) is 5.50. The van der Waals surface area contributed by atoms with Crippen molar-refractivity contribution in [3.63, 3.8) is 0 Å². The van der Waals surface area contributed by atoms with E-state index < -0.39 is 15.9 Å². The number of carbonyl (C=O) groups is 1. The molecule has 0 aliphatic carbocycles. The van der Waals surface area contributed by atoms with Crippen LogP contribution in [0.5, 0.6) is 5.75 Å². The topological polar surface area (TPSA) is 84.5 Å². The van der Waals surface area contributed by atoms with E-state index in [1.54, 1.807) is 18.2 Å². The third-order valence-electron chi connectivity index (χ3n) is 3.71. The molecule has 1 aliphatic heterocycles. The van der Waals surface area contributed by atoms with Gasteiger partial charge in [-0.05, 0) is 46.0 Å². The highest BCUT2D eigenvalue weighted by molar-refractivity contribution is 7.90. The zero-order valence-electron chi connectivity index (χ0n) is 13.3. The van der Waals surface area contributed by atoms with Crippen LogP contribution in [0.4, 0.5) is 0 Å². The summed E-state index contributed by atoms with van der Waals surface area (Å²) in [6.07, 6.45) is 0.759. The number of carbonyl (C=O) groups excluding carboxylic acids is 1. The lowest BCUT2D eigenvalue weighted by atomic mass is 9.89. The SMILES string of the molecule is CCS(=O)(=O)NC(=O)c1ccc2c(c1)C(NC)CC(C)(C)O2. The van der Waals surface area contributed by atoms with Gasteiger partial charge in [0.25, 0.3) is 5.91 Å². The summed E-state index contributed by atoms with van der Waals surface area (Å²) in [4.78, 5) is 12.1. The van der Waals surface area contributed by atoms with E-state index in [2.05, 4.69) is 10.0 Å². The Hall–Kier alpha value is -1.60. The van der Waals surface area contributed by atoms with Crippen molar-refractivity contribution in [2.75, 3.05) is 12.8 Å². The van der Waals surface area contributed by atoms with Crippen LogP contribution < -0.4 is 14.8 Å². The molecule has 0 radical (unpaired) electrons. The van der Waals surface area contributed by atoms with Crippen LogP contribution >= 0.6 is 0 Å². The lowest BCUT2D eigenvalue weighted by Gasteiger charge is -2.37. The molecule has 0 fully saturated rings. The Labute approximate surface area is 131 Å². The second kappa shape index (κ2) is 5.89. The first-order chi connectivity index (χ1) is 10.2. The molecule has 1 aromatic carbocycles. The molecule has 0 spiro atoms. The van der Waals surface area contributed by atoms with Gasteiger partial charge in [-0.1, -0.05) is 0 Å². The Bertz CT molecular complexity index is 683. The fourth-order valence-electron chi connectivity index (χ4n) is 2.53. The predicted molar refractivity (Wildman–Crippen MR) is 84.5 cm³/mol. The van der Waals surface area contributed by atoms with Gasteiger partial charge in [-0.2, -0.15) is 0 Å². The number of rotatable bonds is 4. The van der Waals surface area contributed by atoms with Gasteiger partial charge in [0.05, 0.1) is 5.75 Å². The predicted octanol–water partition coefficient (Wildman–Crippen LogP) is 1.59. The van der Waals surface area contributed by atoms with Crippen molar-refractivity contribution in [3.05, 3.63) is 29.3 Å². The first-order valence-corrected chi connectivity index (χ1v) is 8.88. The average molecular weight is 326 g/mol. The number of sulfonamides is 1. The quantitative estimate of drug-likeness (QED) is 0.878. The van der Waals surface area contributed by atoms with Gasteiger partial charge in [0.1, 0.15) is 11.4 Å². The van der Waals surface area contributed by atoms with E-state index in [9.17, 15) is 13.2 Å². The molecule has 2 rings (SSSR count). The molecule has 2 N–H and O–H groups in total. The van der Waals surface area contributed by atoms with Crippen LogP contribution in [0.2, 0.25) is 0 Å². The molecule has 1 unspecified atom stereocenters. The molecule has 1 amide bonds. The van der Waals surface area contributed by atoms with Crippen LogP contribution in [-0.4, -0.2) is 32.7 Å². The Balaban J connectivity index is 2.34. The summed E-state index contributed by atoms with van der Waals surface area (Å²) < 4.78 is 31.0. The molecule has 0 aromatic heterocycles. The van der Waals surface area contributed by atoms with Crippen LogP contribution in [0.1, 0.15) is 49.2 Å². The summed E-state index contributed by atoms with van der Waals surface area (Å²) in [5, 5.41) is 3.21. The van der Waals surface area contributed by atoms with E-state index >= 15 is 0 Å². The first kappa shape index (κ1) is 16.8. The van der Waals surface area contributed by atoms with Gasteiger partial charge in [-0.3, -0.25) is 4.79 Å². The Morgan fingerprint density at radius 1 is 1.41 bits per heavy atom. The van der Waals surface area contributed by atoms with Gasteiger partial charge >= 0.3 is 0 Å². The zero-order valence-corrected chi connectivity index (χ0v) is 14.1. The van der Waals surface area contributed by atoms with Gasteiger partial charge < -0.3 is 10.1 Å². The highest BCUT2D eigenvalue weighted by Crippen LogP contribution is 2.39. The number of nitrogens with one attached hydrogen (secondary N) is 2. The van der Waals surface area contributed by atoms with Gasteiger partial charge in [0.15, 0.2) is 0 Å². The van der Waals surface area contributed by atoms with E-state index in [-0.39, 0.29) is 17.4 Å². The maximum absolute atomic E-state index is 12.1. The molecule has 1 aliphatic rings. The molecule has 0 bridgehead atoms. The monoisotopic (exact) mass is 326 g/mol. The van der Waals surface area contributed by atoms with E-state index in [4.69, 9.17) is 4.74 Å². The maximum atomic E-state index is 12.1. The summed E-state index contributed by atoms with van der Waals surface area (Å²) in [6, 6.07) is 5.03. The first-order valence-electron chi connectivity index (χ1n) is 7.22. The third-order valence-corrected chi connectivity index (χ3v) is 4.96. The van der Waals surface area contributed by atoms with E-state index in [1.165, 1.54) is 6.92 Å². The molecule has 7 heteroatoms. The van der Waals surface area contributed by atoms with Gasteiger partial charge in [-0.25, -0.2) is 13.1 Å². The second-order valence-electron chi connectivity index (χ2n) is 5.99. The van der Waals surface area contributed by atoms with Crippen molar-refractivity contribution in [2.24, 2.45) is 0 Å². The summed E-state index contributed by atoms with van der Waals surface area (Å²) in [5.74, 6) is -0.0463. The summed E-state index contributed by atoms with van der Waals surface area (Å²) in [5.41, 5.74) is 0.874. The summed E-state index contributed by atoms with van der Waals surface area (Å²) in [7, 11) is -1.72. The molecule has 0 saturated carbocycles.